The maximum absolute atomic E-state index is 15.5. The molecule has 0 bridgehead atoms. The fourth-order valence-corrected chi connectivity index (χ4v) is 4.38. The number of anilines is 2. The number of carbonyl (C=O) groups excluding carboxylic acids is 1. The van der Waals surface area contributed by atoms with Crippen LogP contribution >= 0.6 is 0 Å². The summed E-state index contributed by atoms with van der Waals surface area (Å²) in [6.45, 7) is 1.58. The van der Waals surface area contributed by atoms with Crippen molar-refractivity contribution in [1.82, 2.24) is 19.9 Å². The number of alkyl halides is 3. The number of likely N-dealkylation sites (tertiary alicyclic amines) is 1. The summed E-state index contributed by atoms with van der Waals surface area (Å²) in [7, 11) is 0. The van der Waals surface area contributed by atoms with Gasteiger partial charge in [0.1, 0.15) is 6.33 Å². The third kappa shape index (κ3) is 6.19. The number of nitrogens with one attached hydrogen (secondary N) is 1. The Kier molecular flexibility index (Phi) is 7.59. The Morgan fingerprint density at radius 1 is 1.22 bits per heavy atom. The molecule has 2 fully saturated rings. The number of aliphatic hydroxyl groups excluding tert-OH is 1. The molecule has 2 aliphatic rings. The first-order chi connectivity index (χ1) is 17.1. The van der Waals surface area contributed by atoms with Crippen molar-refractivity contribution >= 4 is 17.5 Å². The van der Waals surface area contributed by atoms with E-state index in [4.69, 9.17) is 5.73 Å². The van der Waals surface area contributed by atoms with Crippen molar-refractivity contribution in [1.29, 1.82) is 0 Å². The molecule has 4 rings (SSSR count). The predicted molar refractivity (Wildman–Crippen MR) is 123 cm³/mol. The molecule has 4 N–H and O–H groups in total. The number of piperidine rings is 1. The average molecular weight is 512 g/mol. The van der Waals surface area contributed by atoms with Gasteiger partial charge in [-0.05, 0) is 50.9 Å². The minimum absolute atomic E-state index is 0.00436. The van der Waals surface area contributed by atoms with Gasteiger partial charge in [-0.3, -0.25) is 14.7 Å². The van der Waals surface area contributed by atoms with Crippen LogP contribution in [0.2, 0.25) is 0 Å². The first kappa shape index (κ1) is 26.0. The van der Waals surface area contributed by atoms with Crippen molar-refractivity contribution in [2.24, 2.45) is 11.1 Å². The van der Waals surface area contributed by atoms with Gasteiger partial charge in [-0.2, -0.15) is 17.6 Å². The molecule has 0 unspecified atom stereocenters. The van der Waals surface area contributed by atoms with Crippen LogP contribution in [0.25, 0.3) is 0 Å². The van der Waals surface area contributed by atoms with E-state index in [1.165, 1.54) is 12.4 Å². The number of rotatable bonds is 10. The Bertz CT molecular complexity index is 1060. The zero-order chi connectivity index (χ0) is 25.9. The van der Waals surface area contributed by atoms with Crippen LogP contribution in [-0.4, -0.2) is 69.7 Å². The van der Waals surface area contributed by atoms with E-state index in [0.29, 0.717) is 31.6 Å². The van der Waals surface area contributed by atoms with Crippen LogP contribution in [0, 0.1) is 11.2 Å². The third-order valence-electron chi connectivity index (χ3n) is 6.78. The normalized spacial score (nSPS) is 18.1. The number of amides is 1. The lowest BCUT2D eigenvalue weighted by Gasteiger charge is -2.40. The number of carbonyl (C=O) groups is 1. The molecule has 2 aromatic rings. The average Bonchev–Trinajstić information content (AvgIpc) is 3.68. The van der Waals surface area contributed by atoms with Crippen LogP contribution < -0.4 is 16.0 Å². The minimum atomic E-state index is -4.48. The van der Waals surface area contributed by atoms with E-state index in [0.717, 1.165) is 25.1 Å². The molecule has 13 heteroatoms. The van der Waals surface area contributed by atoms with E-state index in [1.807, 2.05) is 4.90 Å². The lowest BCUT2D eigenvalue weighted by Crippen LogP contribution is -2.47. The highest BCUT2D eigenvalue weighted by atomic mass is 19.4. The second kappa shape index (κ2) is 10.5. The van der Waals surface area contributed by atoms with Crippen molar-refractivity contribution in [3.8, 4) is 0 Å². The van der Waals surface area contributed by atoms with Gasteiger partial charge in [0.15, 0.2) is 11.6 Å². The molecule has 0 radical (unpaired) electrons. The summed E-state index contributed by atoms with van der Waals surface area (Å²) in [5.41, 5.74) is 4.27. The summed E-state index contributed by atoms with van der Waals surface area (Å²) in [4.78, 5) is 26.8. The highest BCUT2D eigenvalue weighted by Crippen LogP contribution is 2.36. The fourth-order valence-electron chi connectivity index (χ4n) is 4.38. The number of hydrogen-bond acceptors (Lipinski definition) is 8. The zero-order valence-electron chi connectivity index (χ0n) is 19.6. The van der Waals surface area contributed by atoms with Crippen LogP contribution in [0.4, 0.5) is 29.2 Å². The Hall–Kier alpha value is -3.06. The van der Waals surface area contributed by atoms with Crippen LogP contribution in [0.15, 0.2) is 24.7 Å². The minimum Gasteiger partial charge on any atom is -0.396 e. The van der Waals surface area contributed by atoms with E-state index in [2.05, 4.69) is 20.3 Å². The maximum Gasteiger partial charge on any atom is 0.417 e. The van der Waals surface area contributed by atoms with Gasteiger partial charge in [0, 0.05) is 24.2 Å². The summed E-state index contributed by atoms with van der Waals surface area (Å²) in [6, 6.07) is 2.25. The number of hydrogen-bond donors (Lipinski definition) is 3. The molecule has 1 saturated carbocycles. The van der Waals surface area contributed by atoms with Gasteiger partial charge in [0.25, 0.3) is 0 Å². The van der Waals surface area contributed by atoms with E-state index < -0.39 is 28.9 Å². The van der Waals surface area contributed by atoms with E-state index in [9.17, 15) is 23.1 Å². The predicted octanol–water partition coefficient (Wildman–Crippen LogP) is 2.17. The summed E-state index contributed by atoms with van der Waals surface area (Å²) in [6.07, 6.45) is 0.328. The molecule has 0 spiro atoms. The standard InChI is InChI=1S/C23H29F4N7O2/c24-19-20(30-12-22(13-35)5-7-33(8-6-22)11-18(28)36)31-14-32-21(19)34(17-3-4-17)10-16-2-1-15(9-29-16)23(25,26)27/h1-2,9,14,17,35H,3-8,10-13H2,(H2,28,36)(H,30,31,32). The van der Waals surface area contributed by atoms with E-state index >= 15 is 4.39 Å². The molecule has 0 atom stereocenters. The van der Waals surface area contributed by atoms with E-state index in [-0.39, 0.29) is 43.9 Å². The number of pyridine rings is 1. The Labute approximate surface area is 205 Å². The quantitative estimate of drug-likeness (QED) is 0.415. The SMILES string of the molecule is NC(=O)CN1CCC(CO)(CNc2ncnc(N(Cc3ccc(C(F)(F)F)cn3)C3CC3)c2F)CC1. The Morgan fingerprint density at radius 2 is 1.94 bits per heavy atom. The molecule has 3 heterocycles. The number of aliphatic hydroxyl groups is 1. The Balaban J connectivity index is 1.45. The summed E-state index contributed by atoms with van der Waals surface area (Å²) in [5, 5.41) is 13.1. The van der Waals surface area contributed by atoms with E-state index in [1.54, 1.807) is 4.90 Å². The topological polar surface area (TPSA) is 120 Å². The van der Waals surface area contributed by atoms with Gasteiger partial charge >= 0.3 is 6.18 Å². The summed E-state index contributed by atoms with van der Waals surface area (Å²) < 4.78 is 54.1. The maximum atomic E-state index is 15.5. The van der Waals surface area contributed by atoms with Crippen molar-refractivity contribution in [2.45, 2.75) is 44.4 Å². The van der Waals surface area contributed by atoms with Gasteiger partial charge in [0.2, 0.25) is 11.7 Å². The van der Waals surface area contributed by atoms with Gasteiger partial charge in [0.05, 0.1) is 31.0 Å². The first-order valence-corrected chi connectivity index (χ1v) is 11.7. The molecule has 9 nitrogen and oxygen atoms in total. The molecule has 0 aromatic carbocycles. The highest BCUT2D eigenvalue weighted by Gasteiger charge is 2.36. The number of halogens is 4. The van der Waals surface area contributed by atoms with Gasteiger partial charge in [-0.1, -0.05) is 0 Å². The number of nitrogens with zero attached hydrogens (tertiary/aromatic N) is 5. The monoisotopic (exact) mass is 511 g/mol. The molecular formula is C23H29F4N7O2. The molecular weight excluding hydrogens is 482 g/mol. The number of aromatic nitrogens is 3. The number of primary amides is 1. The van der Waals surface area contributed by atoms with Crippen LogP contribution in [0.3, 0.4) is 0 Å². The smallest absolute Gasteiger partial charge is 0.396 e. The van der Waals surface area contributed by atoms with Gasteiger partial charge in [-0.15, -0.1) is 0 Å². The first-order valence-electron chi connectivity index (χ1n) is 11.7. The zero-order valence-corrected chi connectivity index (χ0v) is 19.6. The van der Waals surface area contributed by atoms with Crippen molar-refractivity contribution < 1.29 is 27.5 Å². The second-order valence-corrected chi connectivity index (χ2v) is 9.51. The van der Waals surface area contributed by atoms with Crippen molar-refractivity contribution in [3.63, 3.8) is 0 Å². The largest absolute Gasteiger partial charge is 0.417 e. The van der Waals surface area contributed by atoms with Crippen LogP contribution in [0.5, 0.6) is 0 Å². The van der Waals surface area contributed by atoms with Gasteiger partial charge < -0.3 is 21.1 Å². The summed E-state index contributed by atoms with van der Waals surface area (Å²) in [5.74, 6) is -1.05. The van der Waals surface area contributed by atoms with Crippen molar-refractivity contribution in [2.75, 3.05) is 43.0 Å². The lowest BCUT2D eigenvalue weighted by molar-refractivity contribution is -0.137. The van der Waals surface area contributed by atoms with Crippen molar-refractivity contribution in [3.05, 3.63) is 41.7 Å². The Morgan fingerprint density at radius 3 is 2.50 bits per heavy atom. The molecule has 2 aromatic heterocycles. The molecule has 1 amide bonds. The highest BCUT2D eigenvalue weighted by molar-refractivity contribution is 5.75. The third-order valence-corrected chi connectivity index (χ3v) is 6.78. The fraction of sp³-hybridized carbons (Fsp3) is 0.565. The number of nitrogens with two attached hydrogens (primary N) is 1. The molecule has 196 valence electrons. The van der Waals surface area contributed by atoms with Crippen LogP contribution in [-0.2, 0) is 17.5 Å². The molecule has 1 saturated heterocycles. The lowest BCUT2D eigenvalue weighted by atomic mass is 9.79. The summed E-state index contributed by atoms with van der Waals surface area (Å²) >= 11 is 0. The second-order valence-electron chi connectivity index (χ2n) is 9.51. The molecule has 1 aliphatic carbocycles. The molecule has 36 heavy (non-hydrogen) atoms. The van der Waals surface area contributed by atoms with Crippen LogP contribution in [0.1, 0.15) is 36.9 Å². The van der Waals surface area contributed by atoms with Gasteiger partial charge in [-0.25, -0.2) is 9.97 Å². The molecule has 1 aliphatic heterocycles.